The second kappa shape index (κ2) is 8.81. The van der Waals surface area contributed by atoms with Crippen molar-refractivity contribution in [2.75, 3.05) is 19.8 Å². The summed E-state index contributed by atoms with van der Waals surface area (Å²) < 4.78 is 10.1. The van der Waals surface area contributed by atoms with Crippen molar-refractivity contribution >= 4 is 6.09 Å². The number of amides is 1. The Bertz CT molecular complexity index is 148. The fraction of sp³-hybridized carbons (Fsp3) is 0.900. The largest absolute Gasteiger partial charge is 0.447 e. The van der Waals surface area contributed by atoms with Gasteiger partial charge >= 0.3 is 6.09 Å². The second-order valence-electron chi connectivity index (χ2n) is 3.35. The normalized spacial score (nSPS) is 10.3. The monoisotopic (exact) mass is 203 g/mol. The molecule has 0 heterocycles. The van der Waals surface area contributed by atoms with Gasteiger partial charge in [-0.05, 0) is 26.7 Å². The minimum Gasteiger partial charge on any atom is -0.447 e. The van der Waals surface area contributed by atoms with Gasteiger partial charge in [0.05, 0.1) is 6.10 Å². The minimum atomic E-state index is -0.351. The van der Waals surface area contributed by atoms with E-state index in [4.69, 9.17) is 9.47 Å². The number of alkyl carbamates (subject to hydrolysis) is 1. The maximum Gasteiger partial charge on any atom is 0.407 e. The lowest BCUT2D eigenvalue weighted by Crippen LogP contribution is -2.28. The van der Waals surface area contributed by atoms with Crippen molar-refractivity contribution in [3.8, 4) is 0 Å². The van der Waals surface area contributed by atoms with E-state index in [0.717, 1.165) is 19.4 Å². The van der Waals surface area contributed by atoms with E-state index in [-0.39, 0.29) is 12.2 Å². The number of hydrogen-bond acceptors (Lipinski definition) is 3. The highest BCUT2D eigenvalue weighted by Gasteiger charge is 2.02. The van der Waals surface area contributed by atoms with Crippen LogP contribution in [0, 0.1) is 0 Å². The van der Waals surface area contributed by atoms with Crippen molar-refractivity contribution in [3.63, 3.8) is 0 Å². The number of rotatable bonds is 7. The lowest BCUT2D eigenvalue weighted by atomic mass is 10.4. The molecule has 0 aromatic rings. The average molecular weight is 203 g/mol. The molecule has 0 atom stereocenters. The second-order valence-corrected chi connectivity index (χ2v) is 3.35. The Morgan fingerprint density at radius 3 is 2.64 bits per heavy atom. The molecule has 1 N–H and O–H groups in total. The van der Waals surface area contributed by atoms with Gasteiger partial charge in [-0.1, -0.05) is 6.92 Å². The molecule has 0 bridgehead atoms. The molecule has 0 saturated carbocycles. The van der Waals surface area contributed by atoms with E-state index in [1.165, 1.54) is 0 Å². The van der Waals surface area contributed by atoms with Crippen molar-refractivity contribution in [1.29, 1.82) is 0 Å². The third kappa shape index (κ3) is 9.32. The first-order chi connectivity index (χ1) is 6.66. The number of ether oxygens (including phenoxy) is 2. The third-order valence-electron chi connectivity index (χ3n) is 1.43. The Hall–Kier alpha value is -0.770. The first kappa shape index (κ1) is 13.2. The lowest BCUT2D eigenvalue weighted by Gasteiger charge is -2.09. The Morgan fingerprint density at radius 1 is 1.36 bits per heavy atom. The summed E-state index contributed by atoms with van der Waals surface area (Å²) in [5, 5.41) is 2.65. The third-order valence-corrected chi connectivity index (χ3v) is 1.43. The zero-order valence-electron chi connectivity index (χ0n) is 9.34. The zero-order chi connectivity index (χ0) is 10.8. The highest BCUT2D eigenvalue weighted by atomic mass is 16.6. The van der Waals surface area contributed by atoms with Crippen molar-refractivity contribution in [2.45, 2.75) is 39.7 Å². The van der Waals surface area contributed by atoms with Gasteiger partial charge in [0.2, 0.25) is 0 Å². The van der Waals surface area contributed by atoms with E-state index in [2.05, 4.69) is 12.2 Å². The van der Waals surface area contributed by atoms with Crippen LogP contribution in [0.25, 0.3) is 0 Å². The molecule has 0 saturated heterocycles. The maximum absolute atomic E-state index is 11.0. The number of carbonyl (C=O) groups is 1. The van der Waals surface area contributed by atoms with Gasteiger partial charge in [-0.3, -0.25) is 0 Å². The van der Waals surface area contributed by atoms with Crippen molar-refractivity contribution in [1.82, 2.24) is 5.32 Å². The van der Waals surface area contributed by atoms with Gasteiger partial charge < -0.3 is 14.8 Å². The molecule has 84 valence electrons. The van der Waals surface area contributed by atoms with Crippen LogP contribution >= 0.6 is 0 Å². The molecule has 0 fully saturated rings. The molecular weight excluding hydrogens is 182 g/mol. The van der Waals surface area contributed by atoms with E-state index >= 15 is 0 Å². The van der Waals surface area contributed by atoms with Gasteiger partial charge in [-0.15, -0.1) is 0 Å². The van der Waals surface area contributed by atoms with Crippen molar-refractivity contribution in [3.05, 3.63) is 0 Å². The SMILES string of the molecule is CCCOCCCNC(=O)OC(C)C. The predicted molar refractivity (Wildman–Crippen MR) is 55.3 cm³/mol. The Labute approximate surface area is 86.0 Å². The Balaban J connectivity index is 3.15. The smallest absolute Gasteiger partial charge is 0.407 e. The first-order valence-electron chi connectivity index (χ1n) is 5.19. The summed E-state index contributed by atoms with van der Waals surface area (Å²) in [4.78, 5) is 11.0. The summed E-state index contributed by atoms with van der Waals surface area (Å²) in [7, 11) is 0. The molecule has 0 radical (unpaired) electrons. The van der Waals surface area contributed by atoms with Gasteiger partial charge in [-0.25, -0.2) is 4.79 Å². The number of hydrogen-bond donors (Lipinski definition) is 1. The highest BCUT2D eigenvalue weighted by molar-refractivity contribution is 5.67. The minimum absolute atomic E-state index is 0.0636. The van der Waals surface area contributed by atoms with Crippen LogP contribution in [0.3, 0.4) is 0 Å². The van der Waals surface area contributed by atoms with Crippen LogP contribution < -0.4 is 5.32 Å². The molecule has 0 aromatic carbocycles. The molecule has 4 heteroatoms. The molecule has 0 spiro atoms. The molecular formula is C10H21NO3. The summed E-state index contributed by atoms with van der Waals surface area (Å²) in [6.07, 6.45) is 1.44. The standard InChI is InChI=1S/C10H21NO3/c1-4-7-13-8-5-6-11-10(12)14-9(2)3/h9H,4-8H2,1-3H3,(H,11,12). The molecule has 0 aromatic heterocycles. The predicted octanol–water partition coefficient (Wildman–Crippen LogP) is 1.94. The van der Waals surface area contributed by atoms with Crippen LogP contribution in [0.4, 0.5) is 4.79 Å². The summed E-state index contributed by atoms with van der Waals surface area (Å²) >= 11 is 0. The first-order valence-corrected chi connectivity index (χ1v) is 5.19. The summed E-state index contributed by atoms with van der Waals surface area (Å²) in [6, 6.07) is 0. The fourth-order valence-electron chi connectivity index (χ4n) is 0.867. The lowest BCUT2D eigenvalue weighted by molar-refractivity contribution is 0.111. The van der Waals surface area contributed by atoms with Crippen LogP contribution in [0.1, 0.15) is 33.6 Å². The quantitative estimate of drug-likeness (QED) is 0.643. The van der Waals surface area contributed by atoms with Crippen LogP contribution in [0.5, 0.6) is 0 Å². The topological polar surface area (TPSA) is 47.6 Å². The van der Waals surface area contributed by atoms with E-state index in [0.29, 0.717) is 13.2 Å². The fourth-order valence-corrected chi connectivity index (χ4v) is 0.867. The Morgan fingerprint density at radius 2 is 2.07 bits per heavy atom. The van der Waals surface area contributed by atoms with Crippen LogP contribution in [-0.2, 0) is 9.47 Å². The van der Waals surface area contributed by atoms with Gasteiger partial charge in [0.25, 0.3) is 0 Å². The molecule has 0 unspecified atom stereocenters. The van der Waals surface area contributed by atoms with Crippen LogP contribution in [-0.4, -0.2) is 32.0 Å². The summed E-state index contributed by atoms with van der Waals surface area (Å²) in [6.45, 7) is 7.80. The summed E-state index contributed by atoms with van der Waals surface area (Å²) in [5.74, 6) is 0. The summed E-state index contributed by atoms with van der Waals surface area (Å²) in [5.41, 5.74) is 0. The van der Waals surface area contributed by atoms with Crippen LogP contribution in [0.15, 0.2) is 0 Å². The van der Waals surface area contributed by atoms with Gasteiger partial charge in [0.15, 0.2) is 0 Å². The maximum atomic E-state index is 11.0. The molecule has 0 aliphatic carbocycles. The number of nitrogens with one attached hydrogen (secondary N) is 1. The van der Waals surface area contributed by atoms with Gasteiger partial charge in [0, 0.05) is 19.8 Å². The van der Waals surface area contributed by atoms with E-state index in [1.54, 1.807) is 0 Å². The average Bonchev–Trinajstić information content (AvgIpc) is 2.10. The van der Waals surface area contributed by atoms with Gasteiger partial charge in [-0.2, -0.15) is 0 Å². The van der Waals surface area contributed by atoms with E-state index in [1.807, 2.05) is 13.8 Å². The zero-order valence-corrected chi connectivity index (χ0v) is 9.34. The number of carbonyl (C=O) groups excluding carboxylic acids is 1. The van der Waals surface area contributed by atoms with Gasteiger partial charge in [0.1, 0.15) is 0 Å². The molecule has 14 heavy (non-hydrogen) atoms. The molecule has 1 amide bonds. The molecule has 0 aliphatic rings. The molecule has 0 aliphatic heterocycles. The van der Waals surface area contributed by atoms with Crippen molar-refractivity contribution in [2.24, 2.45) is 0 Å². The molecule has 4 nitrogen and oxygen atoms in total. The van der Waals surface area contributed by atoms with Crippen LogP contribution in [0.2, 0.25) is 0 Å². The van der Waals surface area contributed by atoms with E-state index in [9.17, 15) is 4.79 Å². The highest BCUT2D eigenvalue weighted by Crippen LogP contribution is 1.89. The van der Waals surface area contributed by atoms with E-state index < -0.39 is 0 Å². The van der Waals surface area contributed by atoms with Crippen molar-refractivity contribution < 1.29 is 14.3 Å². The molecule has 0 rings (SSSR count). The Kier molecular flexibility index (Phi) is 8.33.